The molecule has 98 valence electrons. The van der Waals surface area contributed by atoms with Gasteiger partial charge in [0.25, 0.3) is 0 Å². The number of benzene rings is 2. The van der Waals surface area contributed by atoms with E-state index in [1.807, 2.05) is 13.0 Å². The van der Waals surface area contributed by atoms with Crippen LogP contribution in [0.1, 0.15) is 34.6 Å². The molecule has 0 heterocycles. The monoisotopic (exact) mass is 258 g/mol. The minimum atomic E-state index is -0.367. The molecule has 3 heteroatoms. The second kappa shape index (κ2) is 4.26. The summed E-state index contributed by atoms with van der Waals surface area (Å²) in [5.74, 6) is -0.189. The highest BCUT2D eigenvalue weighted by Crippen LogP contribution is 2.46. The molecule has 0 radical (unpaired) electrons. The maximum atomic E-state index is 13.4. The van der Waals surface area contributed by atoms with Crippen molar-refractivity contribution in [1.82, 2.24) is 0 Å². The highest BCUT2D eigenvalue weighted by Gasteiger charge is 2.30. The van der Waals surface area contributed by atoms with E-state index in [2.05, 4.69) is 0 Å². The second-order valence-electron chi connectivity index (χ2n) is 5.09. The van der Waals surface area contributed by atoms with Crippen molar-refractivity contribution < 1.29 is 14.6 Å². The van der Waals surface area contributed by atoms with Crippen LogP contribution in [-0.2, 0) is 6.42 Å². The van der Waals surface area contributed by atoms with Crippen LogP contribution in [0, 0.1) is 12.7 Å². The average Bonchev–Trinajstić information content (AvgIpc) is 2.83. The predicted octanol–water partition coefficient (Wildman–Crippen LogP) is 3.62. The van der Waals surface area contributed by atoms with Crippen LogP contribution in [0.25, 0.3) is 0 Å². The molecular weight excluding hydrogens is 243 g/mol. The first-order valence-corrected chi connectivity index (χ1v) is 6.37. The molecule has 0 bridgehead atoms. The molecule has 1 aliphatic carbocycles. The van der Waals surface area contributed by atoms with Crippen molar-refractivity contribution in [3.8, 4) is 11.5 Å². The van der Waals surface area contributed by atoms with E-state index in [4.69, 9.17) is 0 Å². The van der Waals surface area contributed by atoms with Crippen molar-refractivity contribution in [2.45, 2.75) is 25.7 Å². The van der Waals surface area contributed by atoms with E-state index < -0.39 is 0 Å². The lowest BCUT2D eigenvalue weighted by Crippen LogP contribution is -1.98. The minimum Gasteiger partial charge on any atom is -0.508 e. The summed E-state index contributed by atoms with van der Waals surface area (Å²) in [5, 5.41) is 20.0. The molecule has 2 nitrogen and oxygen atoms in total. The first kappa shape index (κ1) is 12.0. The van der Waals surface area contributed by atoms with Gasteiger partial charge in [-0.3, -0.25) is 0 Å². The first-order valence-electron chi connectivity index (χ1n) is 6.37. The van der Waals surface area contributed by atoms with Crippen LogP contribution in [0.15, 0.2) is 30.3 Å². The summed E-state index contributed by atoms with van der Waals surface area (Å²) in [6.07, 6.45) is 1.63. The number of phenolic OH excluding ortho intramolecular Hbond substituents is 2. The maximum absolute atomic E-state index is 13.4. The predicted molar refractivity (Wildman–Crippen MR) is 71.1 cm³/mol. The van der Waals surface area contributed by atoms with Gasteiger partial charge in [-0.05, 0) is 55.2 Å². The van der Waals surface area contributed by atoms with Crippen molar-refractivity contribution in [3.05, 3.63) is 58.4 Å². The van der Waals surface area contributed by atoms with E-state index in [0.717, 1.165) is 29.5 Å². The highest BCUT2D eigenvalue weighted by molar-refractivity contribution is 5.55. The Hall–Kier alpha value is -2.03. The fraction of sp³-hybridized carbons (Fsp3) is 0.250. The zero-order valence-corrected chi connectivity index (χ0v) is 10.7. The van der Waals surface area contributed by atoms with Gasteiger partial charge in [0, 0.05) is 17.0 Å². The van der Waals surface area contributed by atoms with Crippen LogP contribution in [0.4, 0.5) is 4.39 Å². The van der Waals surface area contributed by atoms with Crippen LogP contribution in [0.2, 0.25) is 0 Å². The lowest BCUT2D eigenvalue weighted by atomic mass is 9.90. The standard InChI is InChI=1S/C16H15FO2/c1-9-2-6-15(19)16-11(9)4-5-12(16)13-8-10(17)3-7-14(13)18/h2-3,6-8,12,18-19H,4-5H2,1H3. The van der Waals surface area contributed by atoms with Gasteiger partial charge in [-0.25, -0.2) is 4.39 Å². The summed E-state index contributed by atoms with van der Waals surface area (Å²) in [6.45, 7) is 2.01. The molecule has 2 aromatic rings. The Balaban J connectivity index is 2.17. The normalized spacial score (nSPS) is 17.5. The average molecular weight is 258 g/mol. The third-order valence-electron chi connectivity index (χ3n) is 3.96. The van der Waals surface area contributed by atoms with Crippen LogP contribution < -0.4 is 0 Å². The van der Waals surface area contributed by atoms with Crippen LogP contribution >= 0.6 is 0 Å². The summed E-state index contributed by atoms with van der Waals surface area (Å²) >= 11 is 0. The van der Waals surface area contributed by atoms with Crippen LogP contribution in [0.3, 0.4) is 0 Å². The Labute approximate surface area is 111 Å². The molecule has 3 rings (SSSR count). The number of phenols is 2. The third-order valence-corrected chi connectivity index (χ3v) is 3.96. The number of halogens is 1. The molecule has 0 fully saturated rings. The van der Waals surface area contributed by atoms with Gasteiger partial charge in [-0.15, -0.1) is 0 Å². The molecular formula is C16H15FO2. The molecule has 0 aromatic heterocycles. The molecule has 2 N–H and O–H groups in total. The molecule has 2 aromatic carbocycles. The van der Waals surface area contributed by atoms with Gasteiger partial charge in [0.1, 0.15) is 17.3 Å². The molecule has 19 heavy (non-hydrogen) atoms. The number of hydrogen-bond acceptors (Lipinski definition) is 2. The van der Waals surface area contributed by atoms with E-state index in [1.165, 1.54) is 18.2 Å². The SMILES string of the molecule is Cc1ccc(O)c2c1CCC2c1cc(F)ccc1O. The number of fused-ring (bicyclic) bond motifs is 1. The van der Waals surface area contributed by atoms with E-state index >= 15 is 0 Å². The summed E-state index contributed by atoms with van der Waals surface area (Å²) in [4.78, 5) is 0. The van der Waals surface area contributed by atoms with Gasteiger partial charge >= 0.3 is 0 Å². The first-order chi connectivity index (χ1) is 9.08. The topological polar surface area (TPSA) is 40.5 Å². The quantitative estimate of drug-likeness (QED) is 0.820. The minimum absolute atomic E-state index is 0.0835. The lowest BCUT2D eigenvalue weighted by Gasteiger charge is -2.16. The molecule has 1 atom stereocenters. The van der Waals surface area contributed by atoms with Crippen molar-refractivity contribution in [1.29, 1.82) is 0 Å². The fourth-order valence-corrected chi connectivity index (χ4v) is 3.03. The number of hydrogen-bond donors (Lipinski definition) is 2. The summed E-state index contributed by atoms with van der Waals surface area (Å²) in [5.41, 5.74) is 3.64. The van der Waals surface area contributed by atoms with Gasteiger partial charge in [-0.1, -0.05) is 6.07 Å². The van der Waals surface area contributed by atoms with E-state index in [1.54, 1.807) is 6.07 Å². The largest absolute Gasteiger partial charge is 0.508 e. The Morgan fingerprint density at radius 1 is 1.11 bits per heavy atom. The van der Waals surface area contributed by atoms with Crippen molar-refractivity contribution in [3.63, 3.8) is 0 Å². The van der Waals surface area contributed by atoms with Crippen LogP contribution in [-0.4, -0.2) is 10.2 Å². The van der Waals surface area contributed by atoms with Gasteiger partial charge in [0.2, 0.25) is 0 Å². The number of aryl methyl sites for hydroxylation is 1. The van der Waals surface area contributed by atoms with Gasteiger partial charge in [0.15, 0.2) is 0 Å². The third kappa shape index (κ3) is 1.86. The summed E-state index contributed by atoms with van der Waals surface area (Å²) in [6, 6.07) is 7.53. The van der Waals surface area contributed by atoms with E-state index in [-0.39, 0.29) is 23.2 Å². The van der Waals surface area contributed by atoms with Gasteiger partial charge in [0.05, 0.1) is 0 Å². The summed E-state index contributed by atoms with van der Waals surface area (Å²) < 4.78 is 13.4. The van der Waals surface area contributed by atoms with Crippen molar-refractivity contribution in [2.75, 3.05) is 0 Å². The van der Waals surface area contributed by atoms with Crippen LogP contribution in [0.5, 0.6) is 11.5 Å². The smallest absolute Gasteiger partial charge is 0.123 e. The molecule has 0 aliphatic heterocycles. The van der Waals surface area contributed by atoms with Crippen molar-refractivity contribution in [2.24, 2.45) is 0 Å². The lowest BCUT2D eigenvalue weighted by molar-refractivity contribution is 0.453. The maximum Gasteiger partial charge on any atom is 0.123 e. The Kier molecular flexibility index (Phi) is 2.70. The Morgan fingerprint density at radius 3 is 2.63 bits per heavy atom. The summed E-state index contributed by atoms with van der Waals surface area (Å²) in [7, 11) is 0. The zero-order valence-electron chi connectivity index (χ0n) is 10.7. The molecule has 1 unspecified atom stereocenters. The number of rotatable bonds is 1. The van der Waals surface area contributed by atoms with Gasteiger partial charge in [-0.2, -0.15) is 0 Å². The molecule has 0 saturated carbocycles. The second-order valence-corrected chi connectivity index (χ2v) is 5.09. The van der Waals surface area contributed by atoms with Crippen molar-refractivity contribution >= 4 is 0 Å². The Morgan fingerprint density at radius 2 is 1.84 bits per heavy atom. The molecule has 0 spiro atoms. The fourth-order valence-electron chi connectivity index (χ4n) is 3.03. The van der Waals surface area contributed by atoms with Gasteiger partial charge < -0.3 is 10.2 Å². The molecule has 0 amide bonds. The highest BCUT2D eigenvalue weighted by atomic mass is 19.1. The van der Waals surface area contributed by atoms with E-state index in [0.29, 0.717) is 5.56 Å². The molecule has 1 aliphatic rings. The molecule has 0 saturated heterocycles. The number of aromatic hydroxyl groups is 2. The zero-order chi connectivity index (χ0) is 13.6. The Bertz CT molecular complexity index is 649. The van der Waals surface area contributed by atoms with E-state index in [9.17, 15) is 14.6 Å².